The standard InChI is InChI=1S/C30H25N5O5S/c1-34(29(38)18-5-3-2-4-6-18)20-8-9-22-21(16-20)32-30(35(22)14-13-27(31)36)33-28(37)26-12-11-25(41-26)19-7-10-23-24(15-19)40-17-39-23/h2-12,15-16H,13-14,17H2,1H3,(H2,31,36)(H,32,33,37). The summed E-state index contributed by atoms with van der Waals surface area (Å²) >= 11 is 1.33. The second kappa shape index (κ2) is 10.8. The molecule has 0 fully saturated rings. The molecule has 1 aliphatic rings. The van der Waals surface area contributed by atoms with E-state index in [1.54, 1.807) is 46.8 Å². The zero-order valence-electron chi connectivity index (χ0n) is 22.0. The van der Waals surface area contributed by atoms with Crippen molar-refractivity contribution in [3.8, 4) is 21.9 Å². The first-order chi connectivity index (χ1) is 19.9. The van der Waals surface area contributed by atoms with Gasteiger partial charge in [-0.3, -0.25) is 19.7 Å². The van der Waals surface area contributed by atoms with Gasteiger partial charge in [0.25, 0.3) is 11.8 Å². The smallest absolute Gasteiger partial charge is 0.268 e. The van der Waals surface area contributed by atoms with Crippen LogP contribution in [0.5, 0.6) is 11.5 Å². The third-order valence-corrected chi connectivity index (χ3v) is 7.87. The number of nitrogens with two attached hydrogens (primary N) is 1. The highest BCUT2D eigenvalue weighted by atomic mass is 32.1. The van der Waals surface area contributed by atoms with E-state index in [1.165, 1.54) is 11.3 Å². The number of benzene rings is 3. The van der Waals surface area contributed by atoms with Crippen molar-refractivity contribution in [2.75, 3.05) is 24.1 Å². The van der Waals surface area contributed by atoms with Crippen molar-refractivity contribution in [3.63, 3.8) is 0 Å². The van der Waals surface area contributed by atoms with Crippen LogP contribution in [0.3, 0.4) is 0 Å². The molecule has 0 atom stereocenters. The maximum Gasteiger partial charge on any atom is 0.268 e. The van der Waals surface area contributed by atoms with Gasteiger partial charge in [0, 0.05) is 36.1 Å². The number of imidazole rings is 1. The molecule has 3 amide bonds. The lowest BCUT2D eigenvalue weighted by atomic mass is 10.1. The normalized spacial score (nSPS) is 11.9. The lowest BCUT2D eigenvalue weighted by Gasteiger charge is -2.17. The average molecular weight is 568 g/mol. The number of anilines is 2. The Morgan fingerprint density at radius 2 is 1.80 bits per heavy atom. The average Bonchev–Trinajstić information content (AvgIpc) is 3.73. The van der Waals surface area contributed by atoms with Gasteiger partial charge in [-0.05, 0) is 66.2 Å². The van der Waals surface area contributed by atoms with E-state index in [-0.39, 0.29) is 37.5 Å². The molecule has 0 spiro atoms. The Morgan fingerprint density at radius 1 is 1.00 bits per heavy atom. The van der Waals surface area contributed by atoms with E-state index in [1.807, 2.05) is 48.5 Å². The summed E-state index contributed by atoms with van der Waals surface area (Å²) < 4.78 is 12.6. The van der Waals surface area contributed by atoms with Crippen molar-refractivity contribution < 1.29 is 23.9 Å². The first kappa shape index (κ1) is 26.1. The molecule has 1 aliphatic heterocycles. The molecule has 3 aromatic carbocycles. The second-order valence-corrected chi connectivity index (χ2v) is 10.5. The molecule has 11 heteroatoms. The number of amides is 3. The summed E-state index contributed by atoms with van der Waals surface area (Å²) in [5, 5.41) is 2.89. The summed E-state index contributed by atoms with van der Waals surface area (Å²) in [6.07, 6.45) is 0.0652. The Morgan fingerprint density at radius 3 is 2.61 bits per heavy atom. The van der Waals surface area contributed by atoms with E-state index in [4.69, 9.17) is 15.2 Å². The molecule has 0 unspecified atom stereocenters. The number of aromatic nitrogens is 2. The van der Waals surface area contributed by atoms with Gasteiger partial charge < -0.3 is 24.7 Å². The van der Waals surface area contributed by atoms with Gasteiger partial charge in [0.2, 0.25) is 18.6 Å². The van der Waals surface area contributed by atoms with Gasteiger partial charge in [-0.15, -0.1) is 11.3 Å². The van der Waals surface area contributed by atoms with Crippen LogP contribution in [0.15, 0.2) is 78.9 Å². The van der Waals surface area contributed by atoms with Gasteiger partial charge in [-0.2, -0.15) is 0 Å². The number of thiophene rings is 1. The van der Waals surface area contributed by atoms with Crippen LogP contribution >= 0.6 is 11.3 Å². The molecule has 0 bridgehead atoms. The number of ether oxygens (including phenoxy) is 2. The van der Waals surface area contributed by atoms with Gasteiger partial charge in [0.1, 0.15) is 0 Å². The second-order valence-electron chi connectivity index (χ2n) is 9.39. The van der Waals surface area contributed by atoms with E-state index in [2.05, 4.69) is 10.3 Å². The lowest BCUT2D eigenvalue weighted by molar-refractivity contribution is -0.118. The topological polar surface area (TPSA) is 129 Å². The first-order valence-electron chi connectivity index (χ1n) is 12.8. The molecule has 10 nitrogen and oxygen atoms in total. The summed E-state index contributed by atoms with van der Waals surface area (Å²) in [6.45, 7) is 0.418. The molecule has 0 saturated heterocycles. The number of primary amides is 1. The summed E-state index contributed by atoms with van der Waals surface area (Å²) in [5.41, 5.74) is 8.78. The summed E-state index contributed by atoms with van der Waals surface area (Å²) in [4.78, 5) is 45.4. The predicted octanol–water partition coefficient (Wildman–Crippen LogP) is 4.90. The van der Waals surface area contributed by atoms with Crippen LogP contribution in [-0.4, -0.2) is 41.1 Å². The quantitative estimate of drug-likeness (QED) is 0.275. The van der Waals surface area contributed by atoms with E-state index in [9.17, 15) is 14.4 Å². The third kappa shape index (κ3) is 5.22. The number of rotatable bonds is 8. The van der Waals surface area contributed by atoms with Crippen LogP contribution < -0.4 is 25.4 Å². The molecular formula is C30H25N5O5S. The maximum absolute atomic E-state index is 13.3. The number of fused-ring (bicyclic) bond motifs is 2. The zero-order chi connectivity index (χ0) is 28.5. The minimum absolute atomic E-state index is 0.0652. The van der Waals surface area contributed by atoms with Crippen molar-refractivity contribution in [1.29, 1.82) is 0 Å². The molecule has 3 N–H and O–H groups in total. The van der Waals surface area contributed by atoms with Crippen molar-refractivity contribution in [2.45, 2.75) is 13.0 Å². The van der Waals surface area contributed by atoms with Crippen LogP contribution in [0, 0.1) is 0 Å². The first-order valence-corrected chi connectivity index (χ1v) is 13.6. The number of nitrogens with one attached hydrogen (secondary N) is 1. The molecule has 0 radical (unpaired) electrons. The summed E-state index contributed by atoms with van der Waals surface area (Å²) in [6, 6.07) is 23.6. The number of carbonyl (C=O) groups is 3. The molecular weight excluding hydrogens is 542 g/mol. The molecule has 206 valence electrons. The van der Waals surface area contributed by atoms with Gasteiger partial charge in [-0.25, -0.2) is 4.98 Å². The molecule has 0 saturated carbocycles. The zero-order valence-corrected chi connectivity index (χ0v) is 22.8. The Bertz CT molecular complexity index is 1800. The van der Waals surface area contributed by atoms with Gasteiger partial charge in [0.05, 0.1) is 15.9 Å². The fraction of sp³-hybridized carbons (Fsp3) is 0.133. The number of hydrogen-bond acceptors (Lipinski definition) is 7. The SMILES string of the molecule is CN(C(=O)c1ccccc1)c1ccc2c(c1)nc(NC(=O)c1ccc(-c3ccc4c(c3)OCO4)s1)n2CCC(N)=O. The molecule has 2 aromatic heterocycles. The highest BCUT2D eigenvalue weighted by Crippen LogP contribution is 2.38. The highest BCUT2D eigenvalue weighted by molar-refractivity contribution is 7.17. The maximum atomic E-state index is 13.3. The van der Waals surface area contributed by atoms with Gasteiger partial charge >= 0.3 is 0 Å². The monoisotopic (exact) mass is 567 g/mol. The van der Waals surface area contributed by atoms with E-state index in [0.717, 1.165) is 10.4 Å². The Kier molecular flexibility index (Phi) is 6.86. The van der Waals surface area contributed by atoms with Crippen LogP contribution in [0.25, 0.3) is 21.5 Å². The lowest BCUT2D eigenvalue weighted by Crippen LogP contribution is -2.26. The van der Waals surface area contributed by atoms with E-state index < -0.39 is 5.91 Å². The highest BCUT2D eigenvalue weighted by Gasteiger charge is 2.20. The largest absolute Gasteiger partial charge is 0.454 e. The van der Waals surface area contributed by atoms with Crippen molar-refractivity contribution in [2.24, 2.45) is 5.73 Å². The number of nitrogens with zero attached hydrogens (tertiary/aromatic N) is 3. The van der Waals surface area contributed by atoms with Gasteiger partial charge in [-0.1, -0.05) is 18.2 Å². The third-order valence-electron chi connectivity index (χ3n) is 6.74. The fourth-order valence-corrected chi connectivity index (χ4v) is 5.49. The minimum Gasteiger partial charge on any atom is -0.454 e. The Labute approximate surface area is 238 Å². The summed E-state index contributed by atoms with van der Waals surface area (Å²) in [7, 11) is 1.69. The van der Waals surface area contributed by atoms with Gasteiger partial charge in [0.15, 0.2) is 11.5 Å². The Balaban J connectivity index is 1.27. The van der Waals surface area contributed by atoms with E-state index in [0.29, 0.717) is 38.7 Å². The van der Waals surface area contributed by atoms with Crippen LogP contribution in [-0.2, 0) is 11.3 Å². The Hall–Kier alpha value is -5.16. The molecule has 41 heavy (non-hydrogen) atoms. The van der Waals surface area contributed by atoms with Crippen LogP contribution in [0.2, 0.25) is 0 Å². The fourth-order valence-electron chi connectivity index (χ4n) is 4.59. The van der Waals surface area contributed by atoms with Crippen LogP contribution in [0.1, 0.15) is 26.5 Å². The molecule has 5 aromatic rings. The van der Waals surface area contributed by atoms with Crippen molar-refractivity contribution >= 4 is 51.7 Å². The molecule has 6 rings (SSSR count). The number of carbonyl (C=O) groups excluding carboxylic acids is 3. The van der Waals surface area contributed by atoms with Crippen molar-refractivity contribution in [3.05, 3.63) is 89.3 Å². The minimum atomic E-state index is -0.472. The molecule has 3 heterocycles. The van der Waals surface area contributed by atoms with Crippen LogP contribution in [0.4, 0.5) is 11.6 Å². The number of hydrogen-bond donors (Lipinski definition) is 2. The number of aryl methyl sites for hydroxylation is 1. The molecule has 0 aliphatic carbocycles. The summed E-state index contributed by atoms with van der Waals surface area (Å²) in [5.74, 6) is 0.660. The van der Waals surface area contributed by atoms with E-state index >= 15 is 0 Å². The van der Waals surface area contributed by atoms with Crippen molar-refractivity contribution in [1.82, 2.24) is 9.55 Å². The predicted molar refractivity (Wildman–Crippen MR) is 157 cm³/mol.